The van der Waals surface area contributed by atoms with Crippen LogP contribution in [-0.2, 0) is 16.0 Å². The number of ether oxygens (including phenoxy) is 1. The van der Waals surface area contributed by atoms with Gasteiger partial charge in [-0.05, 0) is 38.1 Å². The highest BCUT2D eigenvalue weighted by Gasteiger charge is 2.11. The van der Waals surface area contributed by atoms with Crippen molar-refractivity contribution in [1.82, 2.24) is 4.98 Å². The van der Waals surface area contributed by atoms with Gasteiger partial charge in [0.1, 0.15) is 5.76 Å². The van der Waals surface area contributed by atoms with Crippen molar-refractivity contribution in [1.29, 1.82) is 0 Å². The fraction of sp³-hybridized carbons (Fsp3) is 0.267. The Labute approximate surface area is 122 Å². The first-order valence-corrected chi connectivity index (χ1v) is 6.56. The van der Waals surface area contributed by atoms with E-state index in [1.165, 1.54) is 6.39 Å². The first-order chi connectivity index (χ1) is 10.1. The number of nitrogens with zero attached hydrogens (tertiary/aromatic N) is 1. The van der Waals surface area contributed by atoms with Gasteiger partial charge in [-0.15, -0.1) is 0 Å². The summed E-state index contributed by atoms with van der Waals surface area (Å²) in [4.78, 5) is 27.3. The van der Waals surface area contributed by atoms with Crippen molar-refractivity contribution in [2.24, 2.45) is 0 Å². The van der Waals surface area contributed by atoms with Crippen LogP contribution in [0.25, 0.3) is 0 Å². The topological polar surface area (TPSA) is 81.4 Å². The molecule has 6 heteroatoms. The largest absolute Gasteiger partial charge is 0.462 e. The molecule has 0 unspecified atom stereocenters. The molecule has 0 radical (unpaired) electrons. The smallest absolute Gasteiger partial charge is 0.338 e. The molecule has 0 aliphatic carbocycles. The number of oxazole rings is 1. The average molecular weight is 288 g/mol. The number of carbonyl (C=O) groups is 2. The Morgan fingerprint density at radius 2 is 2.00 bits per heavy atom. The molecule has 0 aliphatic rings. The van der Waals surface area contributed by atoms with E-state index in [-0.39, 0.29) is 18.3 Å². The van der Waals surface area contributed by atoms with Gasteiger partial charge in [0.15, 0.2) is 6.39 Å². The van der Waals surface area contributed by atoms with Gasteiger partial charge in [-0.25, -0.2) is 9.78 Å². The molecular formula is C15H16N2O4. The average Bonchev–Trinajstić information content (AvgIpc) is 2.85. The maximum absolute atomic E-state index is 11.9. The van der Waals surface area contributed by atoms with Gasteiger partial charge in [-0.3, -0.25) is 4.79 Å². The third-order valence-electron chi connectivity index (χ3n) is 2.85. The zero-order valence-corrected chi connectivity index (χ0v) is 11.9. The Kier molecular flexibility index (Phi) is 4.71. The molecule has 0 bridgehead atoms. The predicted octanol–water partition coefficient (Wildman–Crippen LogP) is 2.34. The minimum Gasteiger partial charge on any atom is -0.462 e. The molecule has 21 heavy (non-hydrogen) atoms. The standard InChI is InChI=1S/C15H16N2O4/c1-3-20-15(19)11-4-6-12(7-5-11)17-14(18)8-13-10(2)16-9-21-13/h4-7,9H,3,8H2,1-2H3,(H,17,18). The van der Waals surface area contributed by atoms with Crippen molar-refractivity contribution in [2.45, 2.75) is 20.3 Å². The number of hydrogen-bond donors (Lipinski definition) is 1. The highest BCUT2D eigenvalue weighted by molar-refractivity contribution is 5.93. The van der Waals surface area contributed by atoms with Crippen molar-refractivity contribution in [2.75, 3.05) is 11.9 Å². The number of hydrogen-bond acceptors (Lipinski definition) is 5. The molecule has 0 spiro atoms. The van der Waals surface area contributed by atoms with Crippen molar-refractivity contribution < 1.29 is 18.7 Å². The number of aryl methyl sites for hydroxylation is 1. The van der Waals surface area contributed by atoms with Crippen LogP contribution >= 0.6 is 0 Å². The second kappa shape index (κ2) is 6.69. The van der Waals surface area contributed by atoms with E-state index in [4.69, 9.17) is 9.15 Å². The van der Waals surface area contributed by atoms with Crippen LogP contribution in [0, 0.1) is 6.92 Å². The summed E-state index contributed by atoms with van der Waals surface area (Å²) >= 11 is 0. The molecule has 1 heterocycles. The summed E-state index contributed by atoms with van der Waals surface area (Å²) in [5.41, 5.74) is 1.74. The fourth-order valence-corrected chi connectivity index (χ4v) is 1.75. The van der Waals surface area contributed by atoms with Gasteiger partial charge in [0.05, 0.1) is 24.3 Å². The monoisotopic (exact) mass is 288 g/mol. The summed E-state index contributed by atoms with van der Waals surface area (Å²) in [6.45, 7) is 3.85. The molecule has 0 saturated carbocycles. The number of aromatic nitrogens is 1. The van der Waals surface area contributed by atoms with E-state index >= 15 is 0 Å². The lowest BCUT2D eigenvalue weighted by Crippen LogP contribution is -2.14. The quantitative estimate of drug-likeness (QED) is 0.854. The predicted molar refractivity (Wildman–Crippen MR) is 76.0 cm³/mol. The maximum atomic E-state index is 11.9. The summed E-state index contributed by atoms with van der Waals surface area (Å²) in [5, 5.41) is 2.73. The third-order valence-corrected chi connectivity index (χ3v) is 2.85. The van der Waals surface area contributed by atoms with E-state index in [0.29, 0.717) is 29.3 Å². The third kappa shape index (κ3) is 3.92. The van der Waals surface area contributed by atoms with E-state index in [1.54, 1.807) is 38.1 Å². The number of nitrogens with one attached hydrogen (secondary N) is 1. The number of amides is 1. The molecular weight excluding hydrogens is 272 g/mol. The zero-order chi connectivity index (χ0) is 15.2. The van der Waals surface area contributed by atoms with Gasteiger partial charge < -0.3 is 14.5 Å². The van der Waals surface area contributed by atoms with E-state index in [0.717, 1.165) is 0 Å². The summed E-state index contributed by atoms with van der Waals surface area (Å²) in [5.74, 6) is -0.0537. The van der Waals surface area contributed by atoms with Crippen LogP contribution in [0.5, 0.6) is 0 Å². The van der Waals surface area contributed by atoms with Crippen LogP contribution in [-0.4, -0.2) is 23.5 Å². The zero-order valence-electron chi connectivity index (χ0n) is 11.9. The van der Waals surface area contributed by atoms with Crippen molar-refractivity contribution in [3.05, 3.63) is 47.7 Å². The molecule has 110 valence electrons. The van der Waals surface area contributed by atoms with Crippen LogP contribution in [0.2, 0.25) is 0 Å². The molecule has 1 N–H and O–H groups in total. The van der Waals surface area contributed by atoms with Crippen LogP contribution < -0.4 is 5.32 Å². The first kappa shape index (κ1) is 14.8. The lowest BCUT2D eigenvalue weighted by molar-refractivity contribution is -0.115. The van der Waals surface area contributed by atoms with Gasteiger partial charge in [-0.1, -0.05) is 0 Å². The lowest BCUT2D eigenvalue weighted by atomic mass is 10.2. The molecule has 0 saturated heterocycles. The van der Waals surface area contributed by atoms with Crippen LogP contribution in [0.15, 0.2) is 35.1 Å². The maximum Gasteiger partial charge on any atom is 0.338 e. The highest BCUT2D eigenvalue weighted by Crippen LogP contribution is 2.12. The van der Waals surface area contributed by atoms with Crippen LogP contribution in [0.3, 0.4) is 0 Å². The summed E-state index contributed by atoms with van der Waals surface area (Å²) in [7, 11) is 0. The molecule has 6 nitrogen and oxygen atoms in total. The Balaban J connectivity index is 1.95. The fourth-order valence-electron chi connectivity index (χ4n) is 1.75. The summed E-state index contributed by atoms with van der Waals surface area (Å²) in [6.07, 6.45) is 1.43. The van der Waals surface area contributed by atoms with E-state index < -0.39 is 0 Å². The Hall–Kier alpha value is -2.63. The highest BCUT2D eigenvalue weighted by atomic mass is 16.5. The number of rotatable bonds is 5. The second-order valence-electron chi connectivity index (χ2n) is 4.38. The van der Waals surface area contributed by atoms with E-state index in [9.17, 15) is 9.59 Å². The summed E-state index contributed by atoms with van der Waals surface area (Å²) in [6, 6.07) is 6.51. The minimum absolute atomic E-state index is 0.117. The Bertz CT molecular complexity index is 631. The molecule has 2 rings (SSSR count). The van der Waals surface area contributed by atoms with Crippen molar-refractivity contribution in [3.63, 3.8) is 0 Å². The second-order valence-corrected chi connectivity index (χ2v) is 4.38. The van der Waals surface area contributed by atoms with Gasteiger partial charge in [-0.2, -0.15) is 0 Å². The van der Waals surface area contributed by atoms with Gasteiger partial charge in [0, 0.05) is 5.69 Å². The molecule has 0 fully saturated rings. The van der Waals surface area contributed by atoms with E-state index in [1.807, 2.05) is 0 Å². The number of anilines is 1. The SMILES string of the molecule is CCOC(=O)c1ccc(NC(=O)Cc2ocnc2C)cc1. The molecule has 1 aromatic carbocycles. The van der Waals surface area contributed by atoms with Crippen molar-refractivity contribution >= 4 is 17.6 Å². The van der Waals surface area contributed by atoms with Gasteiger partial charge >= 0.3 is 5.97 Å². The Morgan fingerprint density at radius 3 is 2.57 bits per heavy atom. The van der Waals surface area contributed by atoms with Gasteiger partial charge in [0.25, 0.3) is 0 Å². The number of carbonyl (C=O) groups excluding carboxylic acids is 2. The normalized spacial score (nSPS) is 10.2. The minimum atomic E-state index is -0.382. The van der Waals surface area contributed by atoms with Crippen LogP contribution in [0.1, 0.15) is 28.7 Å². The Morgan fingerprint density at radius 1 is 1.29 bits per heavy atom. The van der Waals surface area contributed by atoms with Gasteiger partial charge in [0.2, 0.25) is 5.91 Å². The number of benzene rings is 1. The summed E-state index contributed by atoms with van der Waals surface area (Å²) < 4.78 is 10.0. The lowest BCUT2D eigenvalue weighted by Gasteiger charge is -2.06. The van der Waals surface area contributed by atoms with Crippen LogP contribution in [0.4, 0.5) is 5.69 Å². The molecule has 2 aromatic rings. The van der Waals surface area contributed by atoms with Crippen molar-refractivity contribution in [3.8, 4) is 0 Å². The van der Waals surface area contributed by atoms with E-state index in [2.05, 4.69) is 10.3 Å². The molecule has 1 aromatic heterocycles. The molecule has 1 amide bonds. The molecule has 0 atom stereocenters. The number of esters is 1. The molecule has 0 aliphatic heterocycles. The first-order valence-electron chi connectivity index (χ1n) is 6.56.